The molecule has 9 heteroatoms. The predicted octanol–water partition coefficient (Wildman–Crippen LogP) is 0.548. The molecule has 0 aliphatic heterocycles. The summed E-state index contributed by atoms with van der Waals surface area (Å²) >= 11 is 0. The maximum Gasteiger partial charge on any atom is 0.311 e. The number of rotatable bonds is 7. The van der Waals surface area contributed by atoms with Crippen molar-refractivity contribution in [3.8, 4) is 0 Å². The van der Waals surface area contributed by atoms with E-state index in [-0.39, 0.29) is 12.3 Å². The highest BCUT2D eigenvalue weighted by molar-refractivity contribution is 7.89. The van der Waals surface area contributed by atoms with Crippen molar-refractivity contribution in [1.82, 2.24) is 5.32 Å². The Labute approximate surface area is 122 Å². The van der Waals surface area contributed by atoms with Gasteiger partial charge in [-0.1, -0.05) is 13.8 Å². The van der Waals surface area contributed by atoms with Gasteiger partial charge in [-0.05, 0) is 25.0 Å². The van der Waals surface area contributed by atoms with Crippen LogP contribution in [0.2, 0.25) is 0 Å². The zero-order valence-electron chi connectivity index (χ0n) is 11.8. The van der Waals surface area contributed by atoms with Gasteiger partial charge in [-0.2, -0.15) is 0 Å². The van der Waals surface area contributed by atoms with Gasteiger partial charge in [-0.25, -0.2) is 13.6 Å². The molecule has 0 aromatic carbocycles. The molecule has 0 saturated heterocycles. The summed E-state index contributed by atoms with van der Waals surface area (Å²) in [6, 6.07) is 2.23. The van der Waals surface area contributed by atoms with Crippen LogP contribution in [0.1, 0.15) is 37.2 Å². The lowest BCUT2D eigenvalue weighted by Gasteiger charge is -2.26. The van der Waals surface area contributed by atoms with Crippen LogP contribution in [0.15, 0.2) is 21.6 Å². The maximum atomic E-state index is 11.9. The third-order valence-corrected chi connectivity index (χ3v) is 4.26. The Balaban J connectivity index is 2.83. The topological polar surface area (TPSA) is 140 Å². The Bertz CT molecular complexity index is 630. The second-order valence-electron chi connectivity index (χ2n) is 4.64. The number of sulfonamides is 1. The molecule has 0 bridgehead atoms. The normalized spacial score (nSPS) is 12.1. The molecule has 1 rings (SSSR count). The van der Waals surface area contributed by atoms with Gasteiger partial charge in [0, 0.05) is 6.54 Å². The molecule has 0 radical (unpaired) electrons. The monoisotopic (exact) mass is 318 g/mol. The third-order valence-electron chi connectivity index (χ3n) is 3.48. The van der Waals surface area contributed by atoms with E-state index in [0.29, 0.717) is 12.8 Å². The van der Waals surface area contributed by atoms with E-state index in [0.717, 1.165) is 12.1 Å². The fourth-order valence-electron chi connectivity index (χ4n) is 1.81. The number of carboxylic acid groups (broad SMARTS) is 1. The van der Waals surface area contributed by atoms with Crippen molar-refractivity contribution in [1.29, 1.82) is 0 Å². The van der Waals surface area contributed by atoms with Crippen molar-refractivity contribution in [2.75, 3.05) is 6.54 Å². The van der Waals surface area contributed by atoms with Crippen molar-refractivity contribution in [2.24, 2.45) is 10.6 Å². The van der Waals surface area contributed by atoms with Crippen LogP contribution in [0.3, 0.4) is 0 Å². The van der Waals surface area contributed by atoms with Gasteiger partial charge in [0.05, 0.1) is 5.41 Å². The van der Waals surface area contributed by atoms with Crippen LogP contribution in [0.25, 0.3) is 0 Å². The van der Waals surface area contributed by atoms with Crippen molar-refractivity contribution in [3.63, 3.8) is 0 Å². The molecule has 1 heterocycles. The first-order valence-corrected chi connectivity index (χ1v) is 7.85. The van der Waals surface area contributed by atoms with Crippen LogP contribution in [0.4, 0.5) is 0 Å². The largest absolute Gasteiger partial charge is 0.481 e. The Morgan fingerprint density at radius 2 is 1.90 bits per heavy atom. The summed E-state index contributed by atoms with van der Waals surface area (Å²) in [4.78, 5) is 23.2. The molecule has 4 N–H and O–H groups in total. The van der Waals surface area contributed by atoms with Gasteiger partial charge in [-0.15, -0.1) is 0 Å². The standard InChI is InChI=1S/C12H18N2O6S/c1-3-12(4-2,11(16)17)7-14-10(15)8-5-6-9(20-8)21(13,18)19/h5-6H,3-4,7H2,1-2H3,(H,14,15)(H,16,17)(H2,13,18,19). The van der Waals surface area contributed by atoms with E-state index < -0.39 is 32.4 Å². The molecule has 0 fully saturated rings. The van der Waals surface area contributed by atoms with Crippen LogP contribution in [-0.2, 0) is 14.8 Å². The van der Waals surface area contributed by atoms with E-state index in [1.807, 2.05) is 0 Å². The number of carbonyl (C=O) groups is 2. The second kappa shape index (κ2) is 6.27. The van der Waals surface area contributed by atoms with E-state index >= 15 is 0 Å². The second-order valence-corrected chi connectivity index (χ2v) is 6.13. The van der Waals surface area contributed by atoms with Crippen LogP contribution in [0.5, 0.6) is 0 Å². The van der Waals surface area contributed by atoms with E-state index in [1.165, 1.54) is 0 Å². The molecule has 118 valence electrons. The first-order chi connectivity index (χ1) is 9.66. The van der Waals surface area contributed by atoms with Gasteiger partial charge in [0.25, 0.3) is 15.9 Å². The minimum atomic E-state index is -4.02. The number of nitrogens with one attached hydrogen (secondary N) is 1. The Morgan fingerprint density at radius 3 is 2.29 bits per heavy atom. The molecule has 0 aliphatic rings. The average Bonchev–Trinajstić information content (AvgIpc) is 2.89. The van der Waals surface area contributed by atoms with Gasteiger partial charge < -0.3 is 14.8 Å². The number of carbonyl (C=O) groups excluding carboxylic acids is 1. The highest BCUT2D eigenvalue weighted by Gasteiger charge is 2.35. The molecule has 21 heavy (non-hydrogen) atoms. The van der Waals surface area contributed by atoms with Crippen molar-refractivity contribution in [2.45, 2.75) is 31.8 Å². The van der Waals surface area contributed by atoms with Crippen LogP contribution in [-0.4, -0.2) is 31.9 Å². The van der Waals surface area contributed by atoms with E-state index in [2.05, 4.69) is 5.32 Å². The highest BCUT2D eigenvalue weighted by atomic mass is 32.2. The lowest BCUT2D eigenvalue weighted by Crippen LogP contribution is -2.42. The summed E-state index contributed by atoms with van der Waals surface area (Å²) in [5.74, 6) is -1.94. The predicted molar refractivity (Wildman–Crippen MR) is 73.1 cm³/mol. The van der Waals surface area contributed by atoms with Crippen molar-refractivity contribution < 1.29 is 27.5 Å². The number of furan rings is 1. The molecule has 0 spiro atoms. The Hall–Kier alpha value is -1.87. The first kappa shape index (κ1) is 17.2. The maximum absolute atomic E-state index is 11.9. The number of carboxylic acids is 1. The molecule has 0 saturated carbocycles. The van der Waals surface area contributed by atoms with Crippen LogP contribution < -0.4 is 10.5 Å². The number of hydrogen-bond donors (Lipinski definition) is 3. The van der Waals surface area contributed by atoms with Crippen LogP contribution in [0, 0.1) is 5.41 Å². The van der Waals surface area contributed by atoms with E-state index in [4.69, 9.17) is 9.56 Å². The molecule has 1 aromatic heterocycles. The molecule has 1 aromatic rings. The summed E-state index contributed by atoms with van der Waals surface area (Å²) in [5, 5.41) is 16.0. The lowest BCUT2D eigenvalue weighted by atomic mass is 9.82. The molecule has 0 atom stereocenters. The number of primary sulfonamides is 1. The SMILES string of the molecule is CCC(CC)(CNC(=O)c1ccc(S(N)(=O)=O)o1)C(=O)O. The smallest absolute Gasteiger partial charge is 0.311 e. The van der Waals surface area contributed by atoms with Crippen molar-refractivity contribution >= 4 is 21.9 Å². The molecular weight excluding hydrogens is 300 g/mol. The molecule has 0 unspecified atom stereocenters. The summed E-state index contributed by atoms with van der Waals surface area (Å²) < 4.78 is 26.9. The van der Waals surface area contributed by atoms with Gasteiger partial charge >= 0.3 is 5.97 Å². The number of aliphatic carboxylic acids is 1. The number of nitrogens with two attached hydrogens (primary N) is 1. The fourth-order valence-corrected chi connectivity index (χ4v) is 2.27. The zero-order valence-corrected chi connectivity index (χ0v) is 12.6. The average molecular weight is 318 g/mol. The summed E-state index contributed by atoms with van der Waals surface area (Å²) in [6.07, 6.45) is 0.694. The van der Waals surface area contributed by atoms with Crippen LogP contribution >= 0.6 is 0 Å². The van der Waals surface area contributed by atoms with Gasteiger partial charge in [0.1, 0.15) is 0 Å². The number of amides is 1. The van der Waals surface area contributed by atoms with Gasteiger partial charge in [-0.3, -0.25) is 9.59 Å². The van der Waals surface area contributed by atoms with E-state index in [9.17, 15) is 23.1 Å². The quantitative estimate of drug-likeness (QED) is 0.670. The third kappa shape index (κ3) is 3.82. The lowest BCUT2D eigenvalue weighted by molar-refractivity contribution is -0.149. The fraction of sp³-hybridized carbons (Fsp3) is 0.500. The molecule has 1 amide bonds. The zero-order chi connectivity index (χ0) is 16.3. The van der Waals surface area contributed by atoms with E-state index in [1.54, 1.807) is 13.8 Å². The first-order valence-electron chi connectivity index (χ1n) is 6.30. The molecular formula is C12H18N2O6S. The summed E-state index contributed by atoms with van der Waals surface area (Å²) in [7, 11) is -4.02. The summed E-state index contributed by atoms with van der Waals surface area (Å²) in [5.41, 5.74) is -1.06. The minimum absolute atomic E-state index is 0.0838. The Morgan fingerprint density at radius 1 is 1.33 bits per heavy atom. The highest BCUT2D eigenvalue weighted by Crippen LogP contribution is 2.25. The van der Waals surface area contributed by atoms with Gasteiger partial charge in [0.15, 0.2) is 5.76 Å². The Kier molecular flexibility index (Phi) is 5.13. The van der Waals surface area contributed by atoms with Crippen molar-refractivity contribution in [3.05, 3.63) is 17.9 Å². The summed E-state index contributed by atoms with van der Waals surface area (Å²) in [6.45, 7) is 3.35. The molecule has 8 nitrogen and oxygen atoms in total. The van der Waals surface area contributed by atoms with Gasteiger partial charge in [0.2, 0.25) is 5.09 Å². The minimum Gasteiger partial charge on any atom is -0.481 e. The molecule has 0 aliphatic carbocycles. The number of hydrogen-bond acceptors (Lipinski definition) is 5.